The van der Waals surface area contributed by atoms with Gasteiger partial charge in [0, 0.05) is 6.61 Å². The molecule has 0 amide bonds. The van der Waals surface area contributed by atoms with Gasteiger partial charge in [0.2, 0.25) is 0 Å². The Morgan fingerprint density at radius 3 is 3.27 bits per heavy atom. The molecule has 1 aliphatic heterocycles. The Kier molecular flexibility index (Phi) is 4.22. The van der Waals surface area contributed by atoms with Gasteiger partial charge in [0.05, 0.1) is 4.88 Å². The lowest BCUT2D eigenvalue weighted by Crippen LogP contribution is -2.22. The third kappa shape index (κ3) is 3.67. The van der Waals surface area contributed by atoms with Crippen molar-refractivity contribution in [1.29, 1.82) is 0 Å². The highest BCUT2D eigenvalue weighted by molar-refractivity contribution is 7.10. The minimum Gasteiger partial charge on any atom is -0.353 e. The van der Waals surface area contributed by atoms with E-state index < -0.39 is 0 Å². The van der Waals surface area contributed by atoms with E-state index in [0.717, 1.165) is 24.3 Å². The van der Waals surface area contributed by atoms with Crippen LogP contribution in [0.5, 0.6) is 0 Å². The molecule has 0 N–H and O–H groups in total. The number of hydrogen-bond acceptors (Lipinski definition) is 3. The van der Waals surface area contributed by atoms with E-state index in [1.807, 2.05) is 17.5 Å². The van der Waals surface area contributed by atoms with Gasteiger partial charge in [0.25, 0.3) is 0 Å². The van der Waals surface area contributed by atoms with Crippen molar-refractivity contribution >= 4 is 11.3 Å². The largest absolute Gasteiger partial charge is 0.353 e. The highest BCUT2D eigenvalue weighted by Gasteiger charge is 2.12. The monoisotopic (exact) mass is 222 g/mol. The van der Waals surface area contributed by atoms with Gasteiger partial charge in [0.1, 0.15) is 6.61 Å². The average molecular weight is 222 g/mol. The Hall–Kier alpha value is -0.820. The van der Waals surface area contributed by atoms with Crippen LogP contribution >= 0.6 is 11.3 Å². The smallest absolute Gasteiger partial charge is 0.158 e. The molecule has 1 unspecified atom stereocenters. The van der Waals surface area contributed by atoms with Crippen molar-refractivity contribution < 1.29 is 9.47 Å². The van der Waals surface area contributed by atoms with Gasteiger partial charge in [-0.05, 0) is 30.7 Å². The van der Waals surface area contributed by atoms with E-state index in [2.05, 4.69) is 11.8 Å². The lowest BCUT2D eigenvalue weighted by Gasteiger charge is -2.21. The van der Waals surface area contributed by atoms with Gasteiger partial charge in [-0.1, -0.05) is 17.9 Å². The molecule has 15 heavy (non-hydrogen) atoms. The summed E-state index contributed by atoms with van der Waals surface area (Å²) in [5.41, 5.74) is 0. The maximum Gasteiger partial charge on any atom is 0.158 e. The standard InChI is InChI=1S/C12H14O2S/c1-2-8-13-12(7-1)14-9-3-5-11-6-4-10-15-11/h4,6,10,12H,1-2,7-9H2. The molecule has 0 aliphatic carbocycles. The first-order valence-electron chi connectivity index (χ1n) is 5.21. The Morgan fingerprint density at radius 1 is 1.53 bits per heavy atom. The summed E-state index contributed by atoms with van der Waals surface area (Å²) in [6, 6.07) is 4.01. The van der Waals surface area contributed by atoms with Crippen molar-refractivity contribution in [2.24, 2.45) is 0 Å². The van der Waals surface area contributed by atoms with E-state index in [1.165, 1.54) is 6.42 Å². The number of rotatable bonds is 2. The second kappa shape index (κ2) is 5.92. The van der Waals surface area contributed by atoms with Gasteiger partial charge in [-0.15, -0.1) is 11.3 Å². The van der Waals surface area contributed by atoms with E-state index >= 15 is 0 Å². The Bertz CT molecular complexity index is 328. The first-order chi connectivity index (χ1) is 7.45. The second-order valence-electron chi connectivity index (χ2n) is 3.39. The molecule has 0 aromatic carbocycles. The normalized spacial score (nSPS) is 20.7. The van der Waals surface area contributed by atoms with Crippen molar-refractivity contribution in [3.63, 3.8) is 0 Å². The van der Waals surface area contributed by atoms with Gasteiger partial charge in [0.15, 0.2) is 6.29 Å². The molecule has 2 nitrogen and oxygen atoms in total. The first-order valence-corrected chi connectivity index (χ1v) is 6.09. The topological polar surface area (TPSA) is 18.5 Å². The summed E-state index contributed by atoms with van der Waals surface area (Å²) < 4.78 is 10.9. The van der Waals surface area contributed by atoms with Crippen molar-refractivity contribution in [2.75, 3.05) is 13.2 Å². The first kappa shape index (κ1) is 10.7. The Labute approximate surface area is 94.2 Å². The molecule has 0 saturated carbocycles. The van der Waals surface area contributed by atoms with Gasteiger partial charge in [-0.3, -0.25) is 0 Å². The zero-order valence-corrected chi connectivity index (χ0v) is 9.39. The molecule has 1 aromatic heterocycles. The molecule has 0 spiro atoms. The summed E-state index contributed by atoms with van der Waals surface area (Å²) in [5, 5.41) is 2.02. The highest BCUT2D eigenvalue weighted by atomic mass is 32.1. The van der Waals surface area contributed by atoms with Crippen molar-refractivity contribution in [2.45, 2.75) is 25.6 Å². The van der Waals surface area contributed by atoms with Gasteiger partial charge >= 0.3 is 0 Å². The van der Waals surface area contributed by atoms with Gasteiger partial charge in [-0.25, -0.2) is 0 Å². The van der Waals surface area contributed by atoms with Crippen LogP contribution < -0.4 is 0 Å². The Balaban J connectivity index is 1.69. The van der Waals surface area contributed by atoms with Crippen LogP contribution in [0, 0.1) is 11.8 Å². The summed E-state index contributed by atoms with van der Waals surface area (Å²) >= 11 is 1.65. The molecule has 1 atom stereocenters. The van der Waals surface area contributed by atoms with Crippen LogP contribution in [-0.2, 0) is 9.47 Å². The lowest BCUT2D eigenvalue weighted by molar-refractivity contribution is -0.154. The fourth-order valence-corrected chi connectivity index (χ4v) is 2.04. The van der Waals surface area contributed by atoms with E-state index in [1.54, 1.807) is 11.3 Å². The third-order valence-corrected chi connectivity index (χ3v) is 3.00. The van der Waals surface area contributed by atoms with E-state index in [4.69, 9.17) is 9.47 Å². The zero-order chi connectivity index (χ0) is 10.3. The van der Waals surface area contributed by atoms with Crippen molar-refractivity contribution in [1.82, 2.24) is 0 Å². The van der Waals surface area contributed by atoms with E-state index in [0.29, 0.717) is 6.61 Å². The van der Waals surface area contributed by atoms with Crippen LogP contribution in [0.15, 0.2) is 17.5 Å². The van der Waals surface area contributed by atoms with E-state index in [9.17, 15) is 0 Å². The maximum absolute atomic E-state index is 5.49. The summed E-state index contributed by atoms with van der Waals surface area (Å²) in [5.74, 6) is 6.05. The SMILES string of the molecule is C(#Cc1cccs1)COC1CCCCO1. The minimum atomic E-state index is -0.0311. The van der Waals surface area contributed by atoms with Gasteiger partial charge < -0.3 is 9.47 Å². The maximum atomic E-state index is 5.49. The predicted molar refractivity (Wildman–Crippen MR) is 60.7 cm³/mol. The Morgan fingerprint density at radius 2 is 2.53 bits per heavy atom. The molecule has 2 heterocycles. The van der Waals surface area contributed by atoms with Crippen LogP contribution in [0.1, 0.15) is 24.1 Å². The summed E-state index contributed by atoms with van der Waals surface area (Å²) in [6.45, 7) is 1.28. The van der Waals surface area contributed by atoms with Crippen LogP contribution in [0.3, 0.4) is 0 Å². The molecule has 1 aliphatic rings. The fraction of sp³-hybridized carbons (Fsp3) is 0.500. The molecule has 0 bridgehead atoms. The van der Waals surface area contributed by atoms with Crippen LogP contribution in [-0.4, -0.2) is 19.5 Å². The van der Waals surface area contributed by atoms with Crippen LogP contribution in [0.4, 0.5) is 0 Å². The van der Waals surface area contributed by atoms with Crippen LogP contribution in [0.2, 0.25) is 0 Å². The molecular formula is C12H14O2S. The van der Waals surface area contributed by atoms with E-state index in [-0.39, 0.29) is 6.29 Å². The average Bonchev–Trinajstić information content (AvgIpc) is 2.79. The minimum absolute atomic E-state index is 0.0311. The van der Waals surface area contributed by atoms with Gasteiger partial charge in [-0.2, -0.15) is 0 Å². The number of ether oxygens (including phenoxy) is 2. The molecular weight excluding hydrogens is 208 g/mol. The molecule has 80 valence electrons. The third-order valence-electron chi connectivity index (χ3n) is 2.21. The van der Waals surface area contributed by atoms with Crippen molar-refractivity contribution in [3.05, 3.63) is 22.4 Å². The molecule has 0 radical (unpaired) electrons. The molecule has 2 rings (SSSR count). The molecule has 3 heteroatoms. The molecule has 1 aromatic rings. The summed E-state index contributed by atoms with van der Waals surface area (Å²) in [4.78, 5) is 1.09. The quantitative estimate of drug-likeness (QED) is 0.716. The zero-order valence-electron chi connectivity index (χ0n) is 8.57. The summed E-state index contributed by atoms with van der Waals surface area (Å²) in [7, 11) is 0. The molecule has 1 saturated heterocycles. The molecule has 1 fully saturated rings. The highest BCUT2D eigenvalue weighted by Crippen LogP contribution is 2.13. The fourth-order valence-electron chi connectivity index (χ4n) is 1.45. The second-order valence-corrected chi connectivity index (χ2v) is 4.33. The van der Waals surface area contributed by atoms with Crippen LogP contribution in [0.25, 0.3) is 0 Å². The number of hydrogen-bond donors (Lipinski definition) is 0. The van der Waals surface area contributed by atoms with Crippen molar-refractivity contribution in [3.8, 4) is 11.8 Å². The predicted octanol–water partition coefficient (Wildman–Crippen LogP) is 2.64. The lowest BCUT2D eigenvalue weighted by atomic mass is 10.2. The summed E-state index contributed by atoms with van der Waals surface area (Å²) in [6.07, 6.45) is 3.32. The number of thiophene rings is 1.